The summed E-state index contributed by atoms with van der Waals surface area (Å²) in [7, 11) is 1.90. The van der Waals surface area contributed by atoms with E-state index in [9.17, 15) is 0 Å². The van der Waals surface area contributed by atoms with Crippen LogP contribution in [0.3, 0.4) is 0 Å². The molecular formula is C11H12ClN3. The first kappa shape index (κ1) is 10.1. The van der Waals surface area contributed by atoms with Crippen LogP contribution in [0.2, 0.25) is 5.02 Å². The second-order valence-electron chi connectivity index (χ2n) is 3.38. The molecule has 0 atom stereocenters. The molecule has 1 N–H and O–H groups in total. The first-order valence-corrected chi connectivity index (χ1v) is 5.09. The van der Waals surface area contributed by atoms with Crippen LogP contribution >= 0.6 is 11.6 Å². The fourth-order valence-corrected chi connectivity index (χ4v) is 1.44. The highest BCUT2D eigenvalue weighted by molar-refractivity contribution is 6.30. The zero-order valence-corrected chi connectivity index (χ0v) is 9.20. The minimum atomic E-state index is 0.764. The molecule has 0 aliphatic carbocycles. The molecule has 0 amide bonds. The van der Waals surface area contributed by atoms with E-state index in [1.165, 1.54) is 5.56 Å². The smallest absolute Gasteiger partial charge is 0.0729 e. The van der Waals surface area contributed by atoms with Crippen LogP contribution in [0.1, 0.15) is 5.56 Å². The van der Waals surface area contributed by atoms with E-state index in [2.05, 4.69) is 10.4 Å². The molecule has 0 spiro atoms. The Morgan fingerprint density at radius 3 is 2.67 bits per heavy atom. The van der Waals surface area contributed by atoms with Crippen LogP contribution in [0.5, 0.6) is 0 Å². The predicted octanol–water partition coefficient (Wildman–Crippen LogP) is 2.69. The Morgan fingerprint density at radius 1 is 1.33 bits per heavy atom. The standard InChI is InChI=1S/C11H12ClN3/c1-15-8-11(7-14-15)13-6-9-2-4-10(12)5-3-9/h2-5,7-8,13H,6H2,1H3. The Morgan fingerprint density at radius 2 is 2.07 bits per heavy atom. The number of nitrogens with zero attached hydrogens (tertiary/aromatic N) is 2. The van der Waals surface area contributed by atoms with Gasteiger partial charge in [-0.1, -0.05) is 23.7 Å². The lowest BCUT2D eigenvalue weighted by molar-refractivity contribution is 0.768. The molecular weight excluding hydrogens is 210 g/mol. The van der Waals surface area contributed by atoms with Crippen LogP contribution in [0.4, 0.5) is 5.69 Å². The van der Waals surface area contributed by atoms with Gasteiger partial charge in [0.2, 0.25) is 0 Å². The van der Waals surface area contributed by atoms with E-state index in [1.54, 1.807) is 10.9 Å². The van der Waals surface area contributed by atoms with E-state index in [4.69, 9.17) is 11.6 Å². The summed E-state index contributed by atoms with van der Waals surface area (Å²) in [4.78, 5) is 0. The van der Waals surface area contributed by atoms with Crippen molar-refractivity contribution in [3.8, 4) is 0 Å². The Kier molecular flexibility index (Phi) is 2.92. The van der Waals surface area contributed by atoms with Crippen molar-refractivity contribution in [2.24, 2.45) is 7.05 Å². The molecule has 1 aromatic carbocycles. The fraction of sp³-hybridized carbons (Fsp3) is 0.182. The Bertz CT molecular complexity index is 433. The predicted molar refractivity (Wildman–Crippen MR) is 62.0 cm³/mol. The van der Waals surface area contributed by atoms with Gasteiger partial charge < -0.3 is 5.32 Å². The molecule has 4 heteroatoms. The lowest BCUT2D eigenvalue weighted by Crippen LogP contribution is -1.97. The van der Waals surface area contributed by atoms with Crippen LogP contribution in [0.25, 0.3) is 0 Å². The van der Waals surface area contributed by atoms with E-state index in [0.717, 1.165) is 17.3 Å². The molecule has 2 aromatic rings. The minimum Gasteiger partial charge on any atom is -0.378 e. The molecule has 0 bridgehead atoms. The number of aromatic nitrogens is 2. The maximum absolute atomic E-state index is 5.80. The molecule has 3 nitrogen and oxygen atoms in total. The number of rotatable bonds is 3. The van der Waals surface area contributed by atoms with Crippen LogP contribution in [0, 0.1) is 0 Å². The molecule has 0 unspecified atom stereocenters. The van der Waals surface area contributed by atoms with Crippen molar-refractivity contribution in [3.63, 3.8) is 0 Å². The lowest BCUT2D eigenvalue weighted by Gasteiger charge is -2.03. The van der Waals surface area contributed by atoms with Crippen LogP contribution in [0.15, 0.2) is 36.7 Å². The van der Waals surface area contributed by atoms with Crippen LogP contribution in [-0.4, -0.2) is 9.78 Å². The molecule has 0 aliphatic heterocycles. The molecule has 15 heavy (non-hydrogen) atoms. The topological polar surface area (TPSA) is 29.9 Å². The van der Waals surface area contributed by atoms with Gasteiger partial charge in [-0.2, -0.15) is 5.10 Å². The lowest BCUT2D eigenvalue weighted by atomic mass is 10.2. The third-order valence-corrected chi connectivity index (χ3v) is 2.37. The third-order valence-electron chi connectivity index (χ3n) is 2.11. The number of nitrogens with one attached hydrogen (secondary N) is 1. The van der Waals surface area contributed by atoms with Crippen molar-refractivity contribution in [1.29, 1.82) is 0 Å². The van der Waals surface area contributed by atoms with Crippen molar-refractivity contribution in [1.82, 2.24) is 9.78 Å². The summed E-state index contributed by atoms with van der Waals surface area (Å²) in [6, 6.07) is 7.79. The van der Waals surface area contributed by atoms with E-state index in [1.807, 2.05) is 37.5 Å². The number of benzene rings is 1. The highest BCUT2D eigenvalue weighted by Crippen LogP contribution is 2.11. The SMILES string of the molecule is Cn1cc(NCc2ccc(Cl)cc2)cn1. The van der Waals surface area contributed by atoms with Gasteiger partial charge in [-0.25, -0.2) is 0 Å². The van der Waals surface area contributed by atoms with E-state index in [0.29, 0.717) is 0 Å². The minimum absolute atomic E-state index is 0.764. The molecule has 1 heterocycles. The molecule has 0 fully saturated rings. The van der Waals surface area contributed by atoms with E-state index in [-0.39, 0.29) is 0 Å². The highest BCUT2D eigenvalue weighted by Gasteiger charge is 1.96. The van der Waals surface area contributed by atoms with Gasteiger partial charge >= 0.3 is 0 Å². The fourth-order valence-electron chi connectivity index (χ4n) is 1.32. The summed E-state index contributed by atoms with van der Waals surface area (Å²) in [5.41, 5.74) is 2.22. The van der Waals surface area contributed by atoms with E-state index >= 15 is 0 Å². The molecule has 0 saturated carbocycles. The molecule has 0 aliphatic rings. The molecule has 0 saturated heterocycles. The number of aryl methyl sites for hydroxylation is 1. The van der Waals surface area contributed by atoms with Crippen molar-refractivity contribution in [2.45, 2.75) is 6.54 Å². The molecule has 0 radical (unpaired) electrons. The van der Waals surface area contributed by atoms with E-state index < -0.39 is 0 Å². The van der Waals surface area contributed by atoms with Gasteiger partial charge in [0.15, 0.2) is 0 Å². The van der Waals surface area contributed by atoms with Gasteiger partial charge in [0, 0.05) is 24.8 Å². The Labute approximate surface area is 93.7 Å². The van der Waals surface area contributed by atoms with Crippen molar-refractivity contribution < 1.29 is 0 Å². The molecule has 1 aromatic heterocycles. The summed E-state index contributed by atoms with van der Waals surface area (Å²) in [5, 5.41) is 8.11. The summed E-state index contributed by atoms with van der Waals surface area (Å²) in [6.07, 6.45) is 3.74. The van der Waals surface area contributed by atoms with Crippen molar-refractivity contribution >= 4 is 17.3 Å². The van der Waals surface area contributed by atoms with Crippen LogP contribution in [-0.2, 0) is 13.6 Å². The first-order valence-electron chi connectivity index (χ1n) is 4.71. The quantitative estimate of drug-likeness (QED) is 0.864. The number of anilines is 1. The van der Waals surface area contributed by atoms with Gasteiger partial charge in [0.1, 0.15) is 0 Å². The number of hydrogen-bond acceptors (Lipinski definition) is 2. The molecule has 78 valence electrons. The van der Waals surface area contributed by atoms with Gasteiger partial charge in [-0.3, -0.25) is 4.68 Å². The molecule has 2 rings (SSSR count). The second kappa shape index (κ2) is 4.36. The monoisotopic (exact) mass is 221 g/mol. The number of hydrogen-bond donors (Lipinski definition) is 1. The first-order chi connectivity index (χ1) is 7.24. The second-order valence-corrected chi connectivity index (χ2v) is 3.82. The Balaban J connectivity index is 1.96. The summed E-state index contributed by atoms with van der Waals surface area (Å²) < 4.78 is 1.77. The Hall–Kier alpha value is -1.48. The number of halogens is 1. The normalized spacial score (nSPS) is 10.3. The largest absolute Gasteiger partial charge is 0.378 e. The van der Waals surface area contributed by atoms with Crippen molar-refractivity contribution in [2.75, 3.05) is 5.32 Å². The van der Waals surface area contributed by atoms with Gasteiger partial charge in [0.25, 0.3) is 0 Å². The summed E-state index contributed by atoms with van der Waals surface area (Å²) >= 11 is 5.80. The third kappa shape index (κ3) is 2.73. The zero-order chi connectivity index (χ0) is 10.7. The highest BCUT2D eigenvalue weighted by atomic mass is 35.5. The van der Waals surface area contributed by atoms with Gasteiger partial charge in [-0.15, -0.1) is 0 Å². The van der Waals surface area contributed by atoms with Crippen LogP contribution < -0.4 is 5.32 Å². The van der Waals surface area contributed by atoms with Crippen molar-refractivity contribution in [3.05, 3.63) is 47.2 Å². The van der Waals surface area contributed by atoms with Gasteiger partial charge in [0.05, 0.1) is 11.9 Å². The maximum Gasteiger partial charge on any atom is 0.0729 e. The van der Waals surface area contributed by atoms with Gasteiger partial charge in [-0.05, 0) is 17.7 Å². The average molecular weight is 222 g/mol. The summed E-state index contributed by atoms with van der Waals surface area (Å²) in [6.45, 7) is 0.781. The zero-order valence-electron chi connectivity index (χ0n) is 8.44. The maximum atomic E-state index is 5.80. The average Bonchev–Trinajstić information content (AvgIpc) is 2.64. The summed E-state index contributed by atoms with van der Waals surface area (Å²) in [5.74, 6) is 0.